The van der Waals surface area contributed by atoms with E-state index in [0.29, 0.717) is 5.56 Å². The molecular weight excluding hydrogens is 406 g/mol. The van der Waals surface area contributed by atoms with Crippen LogP contribution in [0.1, 0.15) is 20.7 Å². The molecular formula is C18H12O2Se2. The van der Waals surface area contributed by atoms with E-state index in [9.17, 15) is 9.59 Å². The SMILES string of the molecule is O=C(/C=C1\[Se]C=C(C(=O)c2ccccc2)[Se]1)c1ccccc1. The molecule has 0 N–H and O–H groups in total. The fourth-order valence-corrected chi connectivity index (χ4v) is 7.54. The van der Waals surface area contributed by atoms with Crippen molar-refractivity contribution in [2.45, 2.75) is 0 Å². The Balaban J connectivity index is 1.71. The van der Waals surface area contributed by atoms with Gasteiger partial charge in [0.2, 0.25) is 0 Å². The number of carbonyl (C=O) groups is 2. The number of hydrogen-bond acceptors (Lipinski definition) is 2. The van der Waals surface area contributed by atoms with E-state index < -0.39 is 0 Å². The zero-order valence-electron chi connectivity index (χ0n) is 11.6. The van der Waals surface area contributed by atoms with Crippen LogP contribution in [0.4, 0.5) is 0 Å². The first-order valence-electron chi connectivity index (χ1n) is 6.69. The molecule has 2 aromatic carbocycles. The molecule has 0 spiro atoms. The molecule has 0 aliphatic carbocycles. The second kappa shape index (κ2) is 7.04. The van der Waals surface area contributed by atoms with E-state index >= 15 is 0 Å². The van der Waals surface area contributed by atoms with Crippen molar-refractivity contribution in [3.63, 3.8) is 0 Å². The van der Waals surface area contributed by atoms with Gasteiger partial charge in [0, 0.05) is 0 Å². The molecule has 0 amide bonds. The summed E-state index contributed by atoms with van der Waals surface area (Å²) in [4.78, 5) is 26.6. The molecule has 0 fully saturated rings. The van der Waals surface area contributed by atoms with Crippen molar-refractivity contribution in [1.82, 2.24) is 0 Å². The van der Waals surface area contributed by atoms with Crippen molar-refractivity contribution in [3.8, 4) is 0 Å². The van der Waals surface area contributed by atoms with Gasteiger partial charge in [-0.2, -0.15) is 0 Å². The Bertz CT molecular complexity index is 762. The van der Waals surface area contributed by atoms with Crippen LogP contribution >= 0.6 is 0 Å². The summed E-state index contributed by atoms with van der Waals surface area (Å²) in [6.45, 7) is 0. The maximum atomic E-state index is 12.4. The van der Waals surface area contributed by atoms with Crippen LogP contribution in [0.25, 0.3) is 0 Å². The second-order valence-corrected chi connectivity index (χ2v) is 10.1. The fourth-order valence-electron chi connectivity index (χ4n) is 1.96. The summed E-state index contributed by atoms with van der Waals surface area (Å²) in [6, 6.07) is 18.6. The number of carbonyl (C=O) groups excluding carboxylic acids is 2. The molecule has 2 nitrogen and oxygen atoms in total. The molecule has 22 heavy (non-hydrogen) atoms. The number of benzene rings is 2. The van der Waals surface area contributed by atoms with Crippen LogP contribution in [0.5, 0.6) is 0 Å². The Morgan fingerprint density at radius 3 is 2.05 bits per heavy atom. The average molecular weight is 418 g/mol. The second-order valence-electron chi connectivity index (χ2n) is 4.59. The minimum atomic E-state index is -0.0304. The van der Waals surface area contributed by atoms with Gasteiger partial charge >= 0.3 is 142 Å². The van der Waals surface area contributed by atoms with Gasteiger partial charge in [-0.05, 0) is 0 Å². The molecule has 1 aliphatic heterocycles. The Morgan fingerprint density at radius 2 is 1.41 bits per heavy atom. The summed E-state index contributed by atoms with van der Waals surface area (Å²) >= 11 is 0.0849. The van der Waals surface area contributed by atoms with Crippen molar-refractivity contribution >= 4 is 41.5 Å². The van der Waals surface area contributed by atoms with E-state index in [4.69, 9.17) is 0 Å². The fraction of sp³-hybridized carbons (Fsp3) is 0. The van der Waals surface area contributed by atoms with Crippen molar-refractivity contribution < 1.29 is 9.59 Å². The third kappa shape index (κ3) is 3.55. The van der Waals surface area contributed by atoms with Crippen molar-refractivity contribution in [3.05, 3.63) is 90.7 Å². The molecule has 0 bridgehead atoms. The topological polar surface area (TPSA) is 34.1 Å². The zero-order chi connectivity index (χ0) is 15.4. The summed E-state index contributed by atoms with van der Waals surface area (Å²) in [7, 11) is 0. The van der Waals surface area contributed by atoms with Gasteiger partial charge in [-0.1, -0.05) is 0 Å². The van der Waals surface area contributed by atoms with Crippen LogP contribution in [0, 0.1) is 0 Å². The van der Waals surface area contributed by atoms with Crippen LogP contribution in [-0.2, 0) is 0 Å². The molecule has 0 unspecified atom stereocenters. The molecule has 0 saturated carbocycles. The maximum absolute atomic E-state index is 12.4. The Labute approximate surface area is 141 Å². The minimum absolute atomic E-state index is 0.0289. The normalized spacial score (nSPS) is 15.6. The van der Waals surface area contributed by atoms with Gasteiger partial charge in [-0.25, -0.2) is 0 Å². The molecule has 0 atom stereocenters. The first-order chi connectivity index (χ1) is 10.7. The number of ketones is 2. The molecule has 1 aliphatic rings. The van der Waals surface area contributed by atoms with E-state index in [2.05, 4.69) is 0 Å². The van der Waals surface area contributed by atoms with Crippen LogP contribution in [-0.4, -0.2) is 41.5 Å². The third-order valence-electron chi connectivity index (χ3n) is 3.06. The molecule has 0 aromatic heterocycles. The quantitative estimate of drug-likeness (QED) is 0.435. The first kappa shape index (κ1) is 15.2. The van der Waals surface area contributed by atoms with E-state index in [1.807, 2.05) is 65.6 Å². The first-order valence-corrected chi connectivity index (χ1v) is 10.3. The van der Waals surface area contributed by atoms with Gasteiger partial charge in [0.05, 0.1) is 0 Å². The average Bonchev–Trinajstić information content (AvgIpc) is 3.04. The van der Waals surface area contributed by atoms with Gasteiger partial charge in [0.25, 0.3) is 0 Å². The zero-order valence-corrected chi connectivity index (χ0v) is 15.0. The van der Waals surface area contributed by atoms with E-state index in [-0.39, 0.29) is 41.5 Å². The molecule has 0 saturated heterocycles. The van der Waals surface area contributed by atoms with Crippen molar-refractivity contribution in [1.29, 1.82) is 0 Å². The Morgan fingerprint density at radius 1 is 0.818 bits per heavy atom. The van der Waals surface area contributed by atoms with Crippen LogP contribution in [0.2, 0.25) is 0 Å². The molecule has 3 rings (SSSR count). The summed E-state index contributed by atoms with van der Waals surface area (Å²) < 4.78 is 1.99. The number of allylic oxidation sites excluding steroid dienone is 2. The van der Waals surface area contributed by atoms with Crippen molar-refractivity contribution in [2.24, 2.45) is 0 Å². The summed E-state index contributed by atoms with van der Waals surface area (Å²) in [5.74, 6) is 0.124. The molecule has 0 radical (unpaired) electrons. The third-order valence-corrected chi connectivity index (χ3v) is 9.02. The van der Waals surface area contributed by atoms with Gasteiger partial charge in [-0.15, -0.1) is 0 Å². The summed E-state index contributed by atoms with van der Waals surface area (Å²) in [6.07, 6.45) is 1.72. The summed E-state index contributed by atoms with van der Waals surface area (Å²) in [5.41, 5.74) is 1.42. The number of Topliss-reactive ketones (excluding diaryl/α,β-unsaturated/α-hetero) is 1. The van der Waals surface area contributed by atoms with E-state index in [1.165, 1.54) is 0 Å². The molecule has 108 valence electrons. The van der Waals surface area contributed by atoms with Crippen LogP contribution in [0.3, 0.4) is 0 Å². The van der Waals surface area contributed by atoms with E-state index in [0.717, 1.165) is 13.4 Å². The van der Waals surface area contributed by atoms with Crippen molar-refractivity contribution in [2.75, 3.05) is 0 Å². The van der Waals surface area contributed by atoms with E-state index in [1.54, 1.807) is 6.08 Å². The van der Waals surface area contributed by atoms with Gasteiger partial charge in [0.15, 0.2) is 0 Å². The number of rotatable bonds is 4. The van der Waals surface area contributed by atoms with Gasteiger partial charge in [-0.3, -0.25) is 0 Å². The monoisotopic (exact) mass is 420 g/mol. The molecule has 2 aromatic rings. The van der Waals surface area contributed by atoms with Crippen LogP contribution < -0.4 is 0 Å². The predicted molar refractivity (Wildman–Crippen MR) is 89.2 cm³/mol. The molecule has 4 heteroatoms. The van der Waals surface area contributed by atoms with Gasteiger partial charge < -0.3 is 0 Å². The number of hydrogen-bond donors (Lipinski definition) is 0. The van der Waals surface area contributed by atoms with Gasteiger partial charge in [0.1, 0.15) is 0 Å². The van der Waals surface area contributed by atoms with Crippen LogP contribution in [0.15, 0.2) is 79.6 Å². The molecule has 1 heterocycles. The standard InChI is InChI=1S/C18H12O2Se2/c19-15(13-7-3-1-4-8-13)11-17-21-12-16(22-17)18(20)14-9-5-2-6-10-14/h1-12H/b17-11+. The Hall–Kier alpha value is -1.70. The summed E-state index contributed by atoms with van der Waals surface area (Å²) in [5, 5.41) is 0. The predicted octanol–water partition coefficient (Wildman–Crippen LogP) is 2.86. The Kier molecular flexibility index (Phi) is 4.86.